The molecule has 3 aliphatic carbocycles. The first kappa shape index (κ1) is 55.7. The Morgan fingerprint density at radius 1 is 1.03 bits per heavy atom. The summed E-state index contributed by atoms with van der Waals surface area (Å²) in [4.78, 5) is 39.3. The number of nitrogen functional groups attached to an aromatic ring is 1. The number of aliphatic imine (C=N–C) groups is 1. The van der Waals surface area contributed by atoms with Crippen molar-refractivity contribution in [1.29, 1.82) is 0 Å². The molecule has 1 amide bonds. The molecule has 5 aliphatic rings. The van der Waals surface area contributed by atoms with E-state index >= 15 is 4.39 Å². The number of carbonyl (C=O) groups excluding carboxylic acids is 1. The van der Waals surface area contributed by atoms with E-state index in [2.05, 4.69) is 89.8 Å². The van der Waals surface area contributed by atoms with Crippen LogP contribution >= 0.6 is 12.2 Å². The molecule has 1 unspecified atom stereocenters. The molecule has 3 aromatic heterocycles. The number of amides is 1. The summed E-state index contributed by atoms with van der Waals surface area (Å²) in [5, 5.41) is 27.5. The number of carbonyl (C=O) groups is 1. The number of aromatic nitrogens is 3. The second kappa shape index (κ2) is 23.2. The maximum Gasteiger partial charge on any atom is 0.293 e. The quantitative estimate of drug-likeness (QED) is 0.0296. The van der Waals surface area contributed by atoms with Gasteiger partial charge in [-0.25, -0.2) is 18.6 Å². The Hall–Kier alpha value is -6.64. The number of allylic oxidation sites excluding steroid dienone is 2. The van der Waals surface area contributed by atoms with E-state index in [1.54, 1.807) is 19.2 Å². The second-order valence-electron chi connectivity index (χ2n) is 22.3. The highest BCUT2D eigenvalue weighted by atomic mass is 32.2. The molecule has 17 nitrogen and oxygen atoms in total. The molecule has 4 fully saturated rings. The standard InChI is InChI=1S/C59H69FN10O7S2/c1-36(2)43-9-7-8-10-44(43)49-34-67(33-39-24-52(61)65-53(25-39)75-5)21-22-69(49)41-29-59(30-41)17-19-68(20-18-59)40-11-12-45(50(26-40)77-51-28-46-47(60)23-37(3)54(46)66-56(51)76-6)57(71)70(73)79(74)42-27-48(64-35-78)55(63-32-42)62-31-38-13-15-58(4,72)16-14-38/h7-12,23-28,32,36,38,41,49,72-73H,3,13-22,29-31,33-34H2,1-2,4-6H3,(H2,61,65)(H,62,63)/t38?,49-,58?,79?/m0/s1. The molecule has 10 rings (SSSR count). The average molecular weight is 1110 g/mol. The van der Waals surface area contributed by atoms with Crippen LogP contribution in [0.3, 0.4) is 0 Å². The molecule has 1 spiro atoms. The van der Waals surface area contributed by atoms with Crippen LogP contribution in [0.2, 0.25) is 0 Å². The summed E-state index contributed by atoms with van der Waals surface area (Å²) in [6.45, 7) is 15.8. The van der Waals surface area contributed by atoms with Crippen molar-refractivity contribution in [2.75, 3.05) is 69.4 Å². The Bertz CT molecular complexity index is 3240. The molecule has 2 saturated carbocycles. The van der Waals surface area contributed by atoms with Crippen LogP contribution in [0.4, 0.5) is 27.4 Å². The van der Waals surface area contributed by atoms with Crippen LogP contribution < -0.4 is 30.2 Å². The largest absolute Gasteiger partial charge is 0.481 e. The van der Waals surface area contributed by atoms with Crippen molar-refractivity contribution in [1.82, 2.24) is 29.2 Å². The van der Waals surface area contributed by atoms with Gasteiger partial charge in [-0.05, 0) is 146 Å². The van der Waals surface area contributed by atoms with Crippen molar-refractivity contribution >= 4 is 68.7 Å². The van der Waals surface area contributed by atoms with E-state index in [-0.39, 0.29) is 55.0 Å². The number of nitrogens with two attached hydrogens (primary N) is 1. The van der Waals surface area contributed by atoms with Crippen LogP contribution in [-0.2, 0) is 17.5 Å². The number of methoxy groups -OCH3 is 2. The number of isothiocyanates is 1. The fraction of sp³-hybridized carbons (Fsp3) is 0.441. The Morgan fingerprint density at radius 2 is 1.78 bits per heavy atom. The van der Waals surface area contributed by atoms with Gasteiger partial charge in [0.15, 0.2) is 22.6 Å². The zero-order valence-corrected chi connectivity index (χ0v) is 47.0. The van der Waals surface area contributed by atoms with E-state index < -0.39 is 28.3 Å². The number of piperazine rings is 1. The summed E-state index contributed by atoms with van der Waals surface area (Å²) in [5.41, 5.74) is 11.2. The fourth-order valence-electron chi connectivity index (χ4n) is 12.2. The lowest BCUT2D eigenvalue weighted by molar-refractivity contribution is -0.0628. The Balaban J connectivity index is 0.863. The van der Waals surface area contributed by atoms with Gasteiger partial charge in [0, 0.05) is 87.5 Å². The molecule has 79 heavy (non-hydrogen) atoms. The molecule has 2 aromatic carbocycles. The van der Waals surface area contributed by atoms with Gasteiger partial charge in [0.05, 0.1) is 41.1 Å². The summed E-state index contributed by atoms with van der Waals surface area (Å²) in [7, 11) is 0.513. The Labute approximate surface area is 468 Å². The van der Waals surface area contributed by atoms with Crippen LogP contribution in [0.25, 0.3) is 11.4 Å². The molecule has 2 atom stereocenters. The van der Waals surface area contributed by atoms with Crippen molar-refractivity contribution in [3.05, 3.63) is 119 Å². The molecule has 416 valence electrons. The van der Waals surface area contributed by atoms with Gasteiger partial charge in [-0.1, -0.05) is 44.7 Å². The number of ether oxygens (including phenoxy) is 3. The summed E-state index contributed by atoms with van der Waals surface area (Å²) >= 11 is 4.92. The number of nitrogens with zero attached hydrogens (tertiary/aromatic N) is 8. The zero-order valence-electron chi connectivity index (χ0n) is 45.4. The average Bonchev–Trinajstić information content (AvgIpc) is 3.89. The SMILES string of the molecule is C=C1C=C(F)c2cc(Oc3cc(N4CCC5(CC4)CC(N4CCN(Cc6cc(N)nc(OC)c6)C[C@H]4c4ccccc4C(C)C)C5)ccc3C(=O)N(O)S(=O)c3cnc(NCC4CCC(C)(O)CC4)c(N=C=S)c3)c(OC)nc21. The third-order valence-electron chi connectivity index (χ3n) is 16.7. The van der Waals surface area contributed by atoms with E-state index in [9.17, 15) is 19.3 Å². The number of halogens is 1. The third kappa shape index (κ3) is 12.0. The predicted molar refractivity (Wildman–Crippen MR) is 307 cm³/mol. The molecule has 2 aliphatic heterocycles. The molecule has 0 bridgehead atoms. The lowest BCUT2D eigenvalue weighted by atomic mass is 9.59. The van der Waals surface area contributed by atoms with Gasteiger partial charge >= 0.3 is 0 Å². The minimum atomic E-state index is -2.50. The molecule has 5 heterocycles. The number of pyridine rings is 3. The number of rotatable bonds is 17. The van der Waals surface area contributed by atoms with Crippen LogP contribution in [0.5, 0.6) is 23.3 Å². The van der Waals surface area contributed by atoms with Gasteiger partial charge in [0.25, 0.3) is 11.8 Å². The summed E-state index contributed by atoms with van der Waals surface area (Å²) in [6.07, 6.45) is 9.71. The number of anilines is 3. The van der Waals surface area contributed by atoms with Gasteiger partial charge in [-0.2, -0.15) is 9.98 Å². The lowest BCUT2D eigenvalue weighted by Crippen LogP contribution is -2.60. The number of hydrogen-bond acceptors (Lipinski definition) is 17. The number of aliphatic hydroxyl groups is 1. The topological polar surface area (TPSA) is 204 Å². The second-order valence-corrected chi connectivity index (χ2v) is 23.8. The normalized spacial score (nSPS) is 21.7. The summed E-state index contributed by atoms with van der Waals surface area (Å²) < 4.78 is 47.0. The van der Waals surface area contributed by atoms with Crippen LogP contribution in [0.1, 0.15) is 122 Å². The van der Waals surface area contributed by atoms with E-state index in [1.165, 1.54) is 48.7 Å². The molecule has 0 radical (unpaired) electrons. The number of nitrogens with one attached hydrogen (secondary N) is 1. The number of benzene rings is 2. The number of piperidine rings is 1. The van der Waals surface area contributed by atoms with E-state index in [0.29, 0.717) is 66.0 Å². The third-order valence-corrected chi connectivity index (χ3v) is 17.9. The number of hydroxylamine groups is 1. The minimum Gasteiger partial charge on any atom is -0.481 e. The highest BCUT2D eigenvalue weighted by molar-refractivity contribution is 7.83. The molecular formula is C59H69FN10O7S2. The summed E-state index contributed by atoms with van der Waals surface area (Å²) in [6, 6.07) is 21.3. The first-order chi connectivity index (χ1) is 37.9. The number of fused-ring (bicyclic) bond motifs is 1. The Morgan fingerprint density at radius 3 is 2.51 bits per heavy atom. The van der Waals surface area contributed by atoms with Gasteiger partial charge in [0.1, 0.15) is 23.1 Å². The maximum atomic E-state index is 15.2. The van der Waals surface area contributed by atoms with Crippen LogP contribution in [0.15, 0.2) is 95.5 Å². The number of hydrogen-bond donors (Lipinski definition) is 4. The monoisotopic (exact) mass is 1110 g/mol. The van der Waals surface area contributed by atoms with Crippen molar-refractivity contribution in [2.24, 2.45) is 16.3 Å². The van der Waals surface area contributed by atoms with Crippen LogP contribution in [0, 0.1) is 11.3 Å². The molecule has 5 N–H and O–H groups in total. The van der Waals surface area contributed by atoms with Gasteiger partial charge in [-0.3, -0.25) is 19.8 Å². The molecular weight excluding hydrogens is 1040 g/mol. The highest BCUT2D eigenvalue weighted by Crippen LogP contribution is 2.54. The highest BCUT2D eigenvalue weighted by Gasteiger charge is 2.50. The predicted octanol–water partition coefficient (Wildman–Crippen LogP) is 10.7. The van der Waals surface area contributed by atoms with Gasteiger partial charge in [-0.15, -0.1) is 4.47 Å². The van der Waals surface area contributed by atoms with Gasteiger partial charge < -0.3 is 35.3 Å². The molecule has 5 aromatic rings. The molecule has 20 heteroatoms. The van der Waals surface area contributed by atoms with E-state index in [0.717, 1.165) is 89.0 Å². The number of thiocarbonyl (C=S) groups is 1. The van der Waals surface area contributed by atoms with Crippen molar-refractivity contribution in [3.63, 3.8) is 0 Å². The Kier molecular flexibility index (Phi) is 16.4. The molecule has 2 saturated heterocycles. The summed E-state index contributed by atoms with van der Waals surface area (Å²) in [5.74, 6) is 0.430. The lowest BCUT2D eigenvalue weighted by Gasteiger charge is -2.58. The van der Waals surface area contributed by atoms with Crippen molar-refractivity contribution in [2.45, 2.75) is 107 Å². The van der Waals surface area contributed by atoms with Crippen molar-refractivity contribution < 1.29 is 37.9 Å². The first-order valence-electron chi connectivity index (χ1n) is 27.0. The smallest absolute Gasteiger partial charge is 0.293 e. The minimum absolute atomic E-state index is 0.00454. The van der Waals surface area contributed by atoms with Crippen LogP contribution in [-0.4, -0.2) is 120 Å². The van der Waals surface area contributed by atoms with Crippen molar-refractivity contribution in [3.8, 4) is 23.3 Å². The fourth-order valence-corrected chi connectivity index (χ4v) is 13.1. The first-order valence-corrected chi connectivity index (χ1v) is 28.5. The maximum absolute atomic E-state index is 15.2. The van der Waals surface area contributed by atoms with Gasteiger partial charge in [0.2, 0.25) is 5.88 Å². The van der Waals surface area contributed by atoms with E-state index in [1.807, 2.05) is 19.1 Å². The van der Waals surface area contributed by atoms with E-state index in [4.69, 9.17) is 32.2 Å². The zero-order chi connectivity index (χ0) is 55.8.